The van der Waals surface area contributed by atoms with E-state index in [1.807, 2.05) is 13.8 Å². The van der Waals surface area contributed by atoms with Crippen LogP contribution >= 0.6 is 0 Å². The van der Waals surface area contributed by atoms with Gasteiger partial charge in [0.1, 0.15) is 64.9 Å². The predicted molar refractivity (Wildman–Crippen MR) is 189 cm³/mol. The third-order valence-electron chi connectivity index (χ3n) is 8.52. The number of aromatic hydroxyl groups is 1. The molecule has 19 nitrogen and oxygen atoms in total. The Morgan fingerprint density at radius 3 is 2.45 bits per heavy atom. The van der Waals surface area contributed by atoms with E-state index in [0.717, 1.165) is 11.6 Å². The van der Waals surface area contributed by atoms with Crippen LogP contribution in [0.5, 0.6) is 17.2 Å². The van der Waals surface area contributed by atoms with E-state index < -0.39 is 79.0 Å². The number of fused-ring (bicyclic) bond motifs is 1. The van der Waals surface area contributed by atoms with Crippen LogP contribution in [0.2, 0.25) is 0 Å². The predicted octanol–water partition coefficient (Wildman–Crippen LogP) is 1.92. The number of phenolic OH excluding ortho intramolecular Hbond substituents is 1. The number of hydrogen-bond acceptors (Lipinski definition) is 18. The zero-order valence-corrected chi connectivity index (χ0v) is 30.0. The lowest BCUT2D eigenvalue weighted by Crippen LogP contribution is -2.59. The third-order valence-corrected chi connectivity index (χ3v) is 8.52. The van der Waals surface area contributed by atoms with Crippen LogP contribution in [-0.4, -0.2) is 103 Å². The molecule has 1 aliphatic heterocycles. The lowest BCUT2D eigenvalue weighted by Gasteiger charge is -2.39. The van der Waals surface area contributed by atoms with Crippen molar-refractivity contribution in [1.29, 1.82) is 0 Å². The van der Waals surface area contributed by atoms with Crippen molar-refractivity contribution in [2.45, 2.75) is 77.0 Å². The Labute approximate surface area is 312 Å². The molecule has 5 atom stereocenters. The number of aliphatic hydroxyl groups excluding tert-OH is 4. The summed E-state index contributed by atoms with van der Waals surface area (Å²) in [6.07, 6.45) is -4.67. The molecule has 0 radical (unpaired) electrons. The van der Waals surface area contributed by atoms with Crippen LogP contribution in [0.25, 0.3) is 22.3 Å². The van der Waals surface area contributed by atoms with Gasteiger partial charge in [-0.15, -0.1) is 10.0 Å². The Balaban J connectivity index is 1.23. The minimum absolute atomic E-state index is 0.0726. The van der Waals surface area contributed by atoms with Crippen LogP contribution in [0.4, 0.5) is 5.69 Å². The zero-order chi connectivity index (χ0) is 39.8. The van der Waals surface area contributed by atoms with Crippen molar-refractivity contribution < 1.29 is 63.2 Å². The molecule has 0 aliphatic carbocycles. The van der Waals surface area contributed by atoms with E-state index in [2.05, 4.69) is 15.5 Å². The van der Waals surface area contributed by atoms with Gasteiger partial charge in [-0.3, -0.25) is 14.4 Å². The Bertz CT molecular complexity index is 2090. The number of ether oxygens (including phenoxy) is 5. The SMILES string of the molecule is COc1ccc(-c2oc3c(CC=C(C)C)c(N=O)cc(O)c3c(=O)c2OC(=O)CCC(=O)OCc2cn(CCO[C@@H]3O[C@H](CO)[C@@H](O)[C@H](O)[C@H]3O)nn2)cc1. The van der Waals surface area contributed by atoms with Crippen molar-refractivity contribution in [1.82, 2.24) is 15.0 Å². The number of rotatable bonds is 16. The number of allylic oxidation sites excluding steroid dienone is 2. The number of nitrogens with zero attached hydrogens (tertiary/aromatic N) is 4. The summed E-state index contributed by atoms with van der Waals surface area (Å²) in [7, 11) is 1.47. The molecule has 0 bridgehead atoms. The Hall–Kier alpha value is -5.57. The summed E-state index contributed by atoms with van der Waals surface area (Å²) in [6, 6.07) is 7.31. The van der Waals surface area contributed by atoms with Crippen molar-refractivity contribution in [3.8, 4) is 28.6 Å². The van der Waals surface area contributed by atoms with Gasteiger partial charge >= 0.3 is 11.9 Å². The van der Waals surface area contributed by atoms with Gasteiger partial charge in [0.25, 0.3) is 0 Å². The molecular weight excluding hydrogens is 728 g/mol. The van der Waals surface area contributed by atoms with Gasteiger partial charge in [-0.2, -0.15) is 0 Å². The van der Waals surface area contributed by atoms with Gasteiger partial charge in [-0.25, -0.2) is 4.68 Å². The van der Waals surface area contributed by atoms with Crippen molar-refractivity contribution in [2.24, 2.45) is 5.18 Å². The van der Waals surface area contributed by atoms with Crippen molar-refractivity contribution >= 4 is 28.6 Å². The molecule has 5 N–H and O–H groups in total. The second-order valence-corrected chi connectivity index (χ2v) is 12.7. The summed E-state index contributed by atoms with van der Waals surface area (Å²) >= 11 is 0. The van der Waals surface area contributed by atoms with E-state index in [-0.39, 0.29) is 59.9 Å². The van der Waals surface area contributed by atoms with Gasteiger partial charge in [-0.05, 0) is 49.7 Å². The van der Waals surface area contributed by atoms with Crippen LogP contribution < -0.4 is 14.9 Å². The summed E-state index contributed by atoms with van der Waals surface area (Å²) in [5.41, 5.74) is 0.522. The highest BCUT2D eigenvalue weighted by molar-refractivity contribution is 5.93. The number of aliphatic hydroxyl groups is 4. The average molecular weight is 769 g/mol. The number of esters is 2. The monoisotopic (exact) mass is 768 g/mol. The maximum atomic E-state index is 13.9. The summed E-state index contributed by atoms with van der Waals surface area (Å²) in [5, 5.41) is 60.4. The normalized spacial score (nSPS) is 19.5. The number of nitroso groups, excluding NO2 is 1. The summed E-state index contributed by atoms with van der Waals surface area (Å²) < 4.78 is 34.1. The molecule has 4 aromatic rings. The number of phenols is 1. The molecule has 2 aromatic carbocycles. The van der Waals surface area contributed by atoms with Crippen LogP contribution in [-0.2, 0) is 43.4 Å². The highest BCUT2D eigenvalue weighted by Crippen LogP contribution is 2.40. The second-order valence-electron chi connectivity index (χ2n) is 12.7. The molecule has 2 aromatic heterocycles. The minimum Gasteiger partial charge on any atom is -0.507 e. The molecule has 19 heteroatoms. The molecule has 1 saturated heterocycles. The maximum absolute atomic E-state index is 13.9. The summed E-state index contributed by atoms with van der Waals surface area (Å²) in [4.78, 5) is 51.2. The molecule has 0 amide bonds. The van der Waals surface area contributed by atoms with Gasteiger partial charge in [0, 0.05) is 17.2 Å². The van der Waals surface area contributed by atoms with Crippen LogP contribution in [0.1, 0.15) is 37.9 Å². The van der Waals surface area contributed by atoms with Crippen LogP contribution in [0, 0.1) is 4.91 Å². The first-order valence-electron chi connectivity index (χ1n) is 17.0. The molecule has 1 aliphatic rings. The van der Waals surface area contributed by atoms with Gasteiger partial charge in [0.05, 0.1) is 45.9 Å². The first kappa shape index (κ1) is 40.6. The highest BCUT2D eigenvalue weighted by Gasteiger charge is 2.44. The number of carbonyl (C=O) groups excluding carboxylic acids is 2. The number of benzene rings is 2. The minimum atomic E-state index is -1.59. The van der Waals surface area contributed by atoms with Crippen LogP contribution in [0.15, 0.2) is 62.6 Å². The molecule has 0 unspecified atom stereocenters. The van der Waals surface area contributed by atoms with Crippen LogP contribution in [0.3, 0.4) is 0 Å². The molecule has 5 rings (SSSR count). The van der Waals surface area contributed by atoms with Gasteiger partial charge in [0.2, 0.25) is 11.2 Å². The molecule has 0 saturated carbocycles. The average Bonchev–Trinajstić information content (AvgIpc) is 3.64. The first-order chi connectivity index (χ1) is 26.3. The Kier molecular flexibility index (Phi) is 13.4. The van der Waals surface area contributed by atoms with Crippen molar-refractivity contribution in [2.75, 3.05) is 20.3 Å². The number of carbonyl (C=O) groups is 2. The molecule has 1 fully saturated rings. The Morgan fingerprint density at radius 2 is 1.78 bits per heavy atom. The smallest absolute Gasteiger partial charge is 0.312 e. The van der Waals surface area contributed by atoms with Gasteiger partial charge in [0.15, 0.2) is 12.1 Å². The van der Waals surface area contributed by atoms with E-state index >= 15 is 0 Å². The maximum Gasteiger partial charge on any atom is 0.312 e. The van der Waals surface area contributed by atoms with E-state index in [1.165, 1.54) is 18.0 Å². The fourth-order valence-electron chi connectivity index (χ4n) is 5.56. The lowest BCUT2D eigenvalue weighted by molar-refractivity contribution is -0.301. The Morgan fingerprint density at radius 1 is 1.05 bits per heavy atom. The van der Waals surface area contributed by atoms with Crippen molar-refractivity contribution in [3.63, 3.8) is 0 Å². The van der Waals surface area contributed by atoms with Crippen molar-refractivity contribution in [3.05, 3.63) is 74.6 Å². The van der Waals surface area contributed by atoms with Gasteiger partial charge in [-0.1, -0.05) is 16.9 Å². The third kappa shape index (κ3) is 9.57. The van der Waals surface area contributed by atoms with E-state index in [0.29, 0.717) is 11.3 Å². The molecule has 294 valence electrons. The van der Waals surface area contributed by atoms with E-state index in [9.17, 15) is 44.8 Å². The number of methoxy groups -OCH3 is 1. The topological polar surface area (TPSA) is 272 Å². The van der Waals surface area contributed by atoms with E-state index in [4.69, 9.17) is 28.1 Å². The first-order valence-corrected chi connectivity index (χ1v) is 17.0. The second kappa shape index (κ2) is 18.2. The van der Waals surface area contributed by atoms with E-state index in [1.54, 1.807) is 30.3 Å². The summed E-state index contributed by atoms with van der Waals surface area (Å²) in [5.74, 6) is -2.65. The molecule has 3 heterocycles. The molecular formula is C36H40N4O15. The summed E-state index contributed by atoms with van der Waals surface area (Å²) in [6.45, 7) is 2.81. The van der Waals surface area contributed by atoms with Gasteiger partial charge < -0.3 is 53.6 Å². The quantitative estimate of drug-likeness (QED) is 0.0619. The standard InChI is InChI=1S/C36H40N4O15/c1-18(2)4-9-22-23(38-49)14-24(42)28-30(46)35(33(55-34(22)28)19-5-7-21(50-3)8-6-19)54-27(44)11-10-26(43)52-17-20-15-40(39-37-20)12-13-51-36-32(48)31(47)29(45)25(16-41)53-36/h4-8,14-15,25,29,31-32,36,41-42,45,47-48H,9-13,16-17H2,1-3H3/t25-,29-,31+,32-,36-/m1/s1. The largest absolute Gasteiger partial charge is 0.507 e. The number of hydrogen-bond donors (Lipinski definition) is 5. The highest BCUT2D eigenvalue weighted by atomic mass is 16.7. The fraction of sp³-hybridized carbons (Fsp3) is 0.417. The zero-order valence-electron chi connectivity index (χ0n) is 30.0. The fourth-order valence-corrected chi connectivity index (χ4v) is 5.56. The molecule has 55 heavy (non-hydrogen) atoms. The number of aromatic nitrogens is 3. The molecule has 0 spiro atoms. The lowest BCUT2D eigenvalue weighted by atomic mass is 9.99.